The molecule has 2 aromatic carbocycles. The van der Waals surface area contributed by atoms with Gasteiger partial charge in [0.1, 0.15) is 17.4 Å². The summed E-state index contributed by atoms with van der Waals surface area (Å²) in [6.45, 7) is 1.90. The van der Waals surface area contributed by atoms with Gasteiger partial charge in [0.15, 0.2) is 6.10 Å². The molecule has 4 nitrogen and oxygen atoms in total. The molecular weight excluding hydrogens is 402 g/mol. The number of nitrogens with one attached hydrogen (secondary N) is 2. The Balaban J connectivity index is 1.69. The van der Waals surface area contributed by atoms with Gasteiger partial charge in [-0.1, -0.05) is 6.07 Å². The van der Waals surface area contributed by atoms with E-state index in [0.717, 1.165) is 15.4 Å². The molecule has 126 valence electrons. The van der Waals surface area contributed by atoms with Gasteiger partial charge in [-0.2, -0.15) is 0 Å². The zero-order valence-corrected chi connectivity index (χ0v) is 14.9. The first kappa shape index (κ1) is 17.2. The molecule has 0 aromatic heterocycles. The summed E-state index contributed by atoms with van der Waals surface area (Å²) in [6, 6.07) is 7.02. The second-order valence-corrected chi connectivity index (χ2v) is 6.97. The van der Waals surface area contributed by atoms with Gasteiger partial charge >= 0.3 is 0 Å². The highest BCUT2D eigenvalue weighted by atomic mass is 79.9. The molecule has 1 aliphatic rings. The van der Waals surface area contributed by atoms with E-state index < -0.39 is 17.7 Å². The monoisotopic (exact) mass is 414 g/mol. The van der Waals surface area contributed by atoms with E-state index in [0.29, 0.717) is 17.0 Å². The van der Waals surface area contributed by atoms with E-state index in [-0.39, 0.29) is 12.5 Å². The maximum Gasteiger partial charge on any atom is 0.265 e. The lowest BCUT2D eigenvalue weighted by Gasteiger charge is -2.24. The molecule has 2 N–H and O–H groups in total. The van der Waals surface area contributed by atoms with Crippen molar-refractivity contribution in [3.8, 4) is 5.75 Å². The summed E-state index contributed by atoms with van der Waals surface area (Å²) in [6.07, 6.45) is -0.558. The van der Waals surface area contributed by atoms with Crippen LogP contribution in [0.2, 0.25) is 0 Å². The number of carbonyl (C=O) groups excluding carboxylic acids is 1. The summed E-state index contributed by atoms with van der Waals surface area (Å²) in [7, 11) is 0. The number of rotatable bonds is 4. The zero-order chi connectivity index (χ0) is 17.3. The van der Waals surface area contributed by atoms with Crippen LogP contribution in [0.5, 0.6) is 5.75 Å². The number of carbonyl (C=O) groups is 1. The maximum absolute atomic E-state index is 13.6. The first-order valence-corrected chi connectivity index (χ1v) is 8.69. The average Bonchev–Trinajstić information content (AvgIpc) is 2.52. The highest BCUT2D eigenvalue weighted by molar-refractivity contribution is 9.10. The van der Waals surface area contributed by atoms with E-state index >= 15 is 0 Å². The molecule has 24 heavy (non-hydrogen) atoms. The molecule has 1 amide bonds. The van der Waals surface area contributed by atoms with Crippen LogP contribution in [0.1, 0.15) is 12.5 Å². The van der Waals surface area contributed by atoms with E-state index in [2.05, 4.69) is 26.0 Å². The Kier molecular flexibility index (Phi) is 5.07. The first-order valence-electron chi connectivity index (χ1n) is 7.09. The van der Waals surface area contributed by atoms with Crippen LogP contribution >= 0.6 is 27.9 Å². The van der Waals surface area contributed by atoms with Gasteiger partial charge in [0.25, 0.3) is 5.91 Å². The van der Waals surface area contributed by atoms with E-state index in [4.69, 9.17) is 4.74 Å². The van der Waals surface area contributed by atoms with Crippen molar-refractivity contribution in [1.82, 2.24) is 4.72 Å². The Labute approximate surface area is 150 Å². The van der Waals surface area contributed by atoms with Crippen molar-refractivity contribution < 1.29 is 18.3 Å². The third-order valence-corrected chi connectivity index (χ3v) is 5.19. The largest absolute Gasteiger partial charge is 0.479 e. The van der Waals surface area contributed by atoms with Crippen LogP contribution in [-0.4, -0.2) is 12.0 Å². The third kappa shape index (κ3) is 3.71. The summed E-state index contributed by atoms with van der Waals surface area (Å²) < 4.78 is 35.8. The Morgan fingerprint density at radius 1 is 1.33 bits per heavy atom. The summed E-state index contributed by atoms with van der Waals surface area (Å²) in [5.74, 6) is -0.815. The molecule has 2 aromatic rings. The molecule has 0 spiro atoms. The van der Waals surface area contributed by atoms with Crippen molar-refractivity contribution in [2.24, 2.45) is 0 Å². The zero-order valence-electron chi connectivity index (χ0n) is 12.5. The fourth-order valence-electron chi connectivity index (χ4n) is 2.14. The van der Waals surface area contributed by atoms with Crippen LogP contribution in [0.15, 0.2) is 39.7 Å². The smallest absolute Gasteiger partial charge is 0.265 e. The lowest BCUT2D eigenvalue weighted by Crippen LogP contribution is -2.34. The molecular formula is C16H13BrF2N2O2S. The van der Waals surface area contributed by atoms with Gasteiger partial charge in [0.05, 0.1) is 5.69 Å². The van der Waals surface area contributed by atoms with Gasteiger partial charge in [0.2, 0.25) is 0 Å². The number of anilines is 1. The standard InChI is InChI=1S/C16H13BrF2N2O2S/c1-8-16(22)21-13-5-11(17)15(6-14(13)23-8)24-20-7-9-2-3-10(18)4-12(9)19/h2-6,8,20H,7H2,1H3,(H,21,22). The van der Waals surface area contributed by atoms with Gasteiger partial charge in [0, 0.05) is 27.5 Å². The molecule has 0 aliphatic carbocycles. The normalized spacial score (nSPS) is 16.3. The molecule has 0 fully saturated rings. The average molecular weight is 415 g/mol. The predicted octanol–water partition coefficient (Wildman–Crippen LogP) is 4.24. The molecule has 8 heteroatoms. The Hall–Kier alpha value is -1.64. The van der Waals surface area contributed by atoms with Crippen molar-refractivity contribution >= 4 is 39.5 Å². The van der Waals surface area contributed by atoms with Crippen molar-refractivity contribution in [2.45, 2.75) is 24.5 Å². The summed E-state index contributed by atoms with van der Waals surface area (Å²) in [5.41, 5.74) is 0.967. The second kappa shape index (κ2) is 7.08. The van der Waals surface area contributed by atoms with E-state index in [1.807, 2.05) is 0 Å². The Morgan fingerprint density at radius 2 is 2.12 bits per heavy atom. The number of halogens is 3. The molecule has 1 unspecified atom stereocenters. The lowest BCUT2D eigenvalue weighted by atomic mass is 10.2. The minimum Gasteiger partial charge on any atom is -0.479 e. The van der Waals surface area contributed by atoms with E-state index in [1.165, 1.54) is 24.1 Å². The highest BCUT2D eigenvalue weighted by Gasteiger charge is 2.24. The van der Waals surface area contributed by atoms with Crippen molar-refractivity contribution in [1.29, 1.82) is 0 Å². The molecule has 1 aliphatic heterocycles. The molecule has 3 rings (SSSR count). The number of hydrogen-bond donors (Lipinski definition) is 2. The van der Waals surface area contributed by atoms with Gasteiger partial charge in [-0.25, -0.2) is 8.78 Å². The molecule has 0 radical (unpaired) electrons. The van der Waals surface area contributed by atoms with Crippen molar-refractivity contribution in [3.05, 3.63) is 52.0 Å². The number of hydrogen-bond acceptors (Lipinski definition) is 4. The summed E-state index contributed by atoms with van der Waals surface area (Å²) in [5, 5.41) is 2.76. The maximum atomic E-state index is 13.6. The number of ether oxygens (including phenoxy) is 1. The summed E-state index contributed by atoms with van der Waals surface area (Å²) in [4.78, 5) is 12.4. The van der Waals surface area contributed by atoms with E-state index in [1.54, 1.807) is 19.1 Å². The molecule has 1 heterocycles. The second-order valence-electron chi connectivity index (χ2n) is 5.19. The highest BCUT2D eigenvalue weighted by Crippen LogP contribution is 2.38. The van der Waals surface area contributed by atoms with Gasteiger partial charge in [-0.3, -0.25) is 9.52 Å². The lowest BCUT2D eigenvalue weighted by molar-refractivity contribution is -0.122. The number of benzene rings is 2. The predicted molar refractivity (Wildman–Crippen MR) is 91.9 cm³/mol. The fraction of sp³-hybridized carbons (Fsp3) is 0.188. The van der Waals surface area contributed by atoms with Gasteiger partial charge in [-0.05, 0) is 53.0 Å². The minimum absolute atomic E-state index is 0.195. The van der Waals surface area contributed by atoms with Crippen LogP contribution in [0.3, 0.4) is 0 Å². The molecule has 1 atom stereocenters. The van der Waals surface area contributed by atoms with Crippen molar-refractivity contribution in [2.75, 3.05) is 5.32 Å². The molecule has 0 saturated heterocycles. The first-order chi connectivity index (χ1) is 11.4. The SMILES string of the molecule is CC1Oc2cc(SNCc3ccc(F)cc3F)c(Br)cc2NC1=O. The third-order valence-electron chi connectivity index (χ3n) is 3.42. The molecule has 0 saturated carbocycles. The van der Waals surface area contributed by atoms with Crippen molar-refractivity contribution in [3.63, 3.8) is 0 Å². The van der Waals surface area contributed by atoms with Crippen LogP contribution in [0.25, 0.3) is 0 Å². The van der Waals surface area contributed by atoms with Gasteiger partial charge < -0.3 is 10.1 Å². The quantitative estimate of drug-likeness (QED) is 0.734. The van der Waals surface area contributed by atoms with Crippen LogP contribution in [-0.2, 0) is 11.3 Å². The Morgan fingerprint density at radius 3 is 2.88 bits per heavy atom. The van der Waals surface area contributed by atoms with Crippen LogP contribution in [0.4, 0.5) is 14.5 Å². The minimum atomic E-state index is -0.602. The van der Waals surface area contributed by atoms with E-state index in [9.17, 15) is 13.6 Å². The Bertz CT molecular complexity index is 804. The molecule has 0 bridgehead atoms. The number of fused-ring (bicyclic) bond motifs is 1. The van der Waals surface area contributed by atoms with Gasteiger partial charge in [-0.15, -0.1) is 0 Å². The fourth-order valence-corrected chi connectivity index (χ4v) is 3.43. The van der Waals surface area contributed by atoms with Crippen LogP contribution in [0, 0.1) is 11.6 Å². The van der Waals surface area contributed by atoms with Crippen LogP contribution < -0.4 is 14.8 Å². The summed E-state index contributed by atoms with van der Waals surface area (Å²) >= 11 is 4.71. The number of amides is 1. The topological polar surface area (TPSA) is 50.4 Å².